The zero-order valence-electron chi connectivity index (χ0n) is 6.81. The molecule has 0 aromatic carbocycles. The van der Waals surface area contributed by atoms with Crippen molar-refractivity contribution in [3.63, 3.8) is 0 Å². The van der Waals surface area contributed by atoms with Crippen LogP contribution in [-0.4, -0.2) is 31.0 Å². The lowest BCUT2D eigenvalue weighted by Gasteiger charge is -2.22. The number of carbonyl (C=O) groups is 1. The molecule has 0 radical (unpaired) electrons. The number of hydrogen-bond acceptors (Lipinski definition) is 4. The Hall–Kier alpha value is -0.320. The highest BCUT2D eigenvalue weighted by atomic mass is 35.5. The van der Waals surface area contributed by atoms with Gasteiger partial charge >= 0.3 is 5.97 Å². The zero-order valence-corrected chi connectivity index (χ0v) is 7.56. The van der Waals surface area contributed by atoms with E-state index >= 15 is 0 Å². The maximum absolute atomic E-state index is 11.2. The molecule has 1 fully saturated rings. The molecule has 1 rings (SSSR count). The molecule has 0 aromatic heterocycles. The Balaban J connectivity index is 2.20. The third-order valence-corrected chi connectivity index (χ3v) is 1.83. The van der Waals surface area contributed by atoms with Crippen molar-refractivity contribution in [2.75, 3.05) is 19.0 Å². The first-order chi connectivity index (χ1) is 5.84. The fourth-order valence-electron chi connectivity index (χ4n) is 1.08. The van der Waals surface area contributed by atoms with Crippen molar-refractivity contribution in [3.8, 4) is 0 Å². The molecule has 0 aromatic rings. The van der Waals surface area contributed by atoms with Gasteiger partial charge in [0.2, 0.25) is 0 Å². The summed E-state index contributed by atoms with van der Waals surface area (Å²) in [6.45, 7) is 1.19. The lowest BCUT2D eigenvalue weighted by molar-refractivity contribution is -0.146. The van der Waals surface area contributed by atoms with E-state index in [4.69, 9.17) is 16.3 Å². The lowest BCUT2D eigenvalue weighted by atomic mass is 10.1. The van der Waals surface area contributed by atoms with Crippen LogP contribution in [-0.2, 0) is 9.53 Å². The summed E-state index contributed by atoms with van der Waals surface area (Å²) in [4.78, 5) is 11.2. The molecule has 5 heteroatoms. The number of carbonyl (C=O) groups excluding carboxylic acids is 1. The van der Waals surface area contributed by atoms with Gasteiger partial charge in [-0.15, -0.1) is 11.6 Å². The number of nitrogens with one attached hydrogen (secondary N) is 2. The predicted octanol–water partition coefficient (Wildman–Crippen LogP) is 0.0250. The molecule has 1 saturated heterocycles. The molecule has 1 aliphatic heterocycles. The van der Waals surface area contributed by atoms with Gasteiger partial charge in [0.25, 0.3) is 0 Å². The van der Waals surface area contributed by atoms with Crippen molar-refractivity contribution in [1.82, 2.24) is 10.9 Å². The zero-order chi connectivity index (χ0) is 8.81. The van der Waals surface area contributed by atoms with Crippen LogP contribution < -0.4 is 10.9 Å². The van der Waals surface area contributed by atoms with Gasteiger partial charge in [-0.1, -0.05) is 0 Å². The fraction of sp³-hybridized carbons (Fsp3) is 0.857. The molecule has 0 spiro atoms. The van der Waals surface area contributed by atoms with E-state index in [0.717, 1.165) is 19.4 Å². The van der Waals surface area contributed by atoms with E-state index in [1.165, 1.54) is 0 Å². The molecule has 12 heavy (non-hydrogen) atoms. The number of esters is 1. The van der Waals surface area contributed by atoms with Crippen molar-refractivity contribution < 1.29 is 9.53 Å². The highest BCUT2D eigenvalue weighted by Gasteiger charge is 2.21. The summed E-state index contributed by atoms with van der Waals surface area (Å²) in [6, 6.07) is -0.207. The first kappa shape index (κ1) is 9.77. The Morgan fingerprint density at radius 1 is 1.67 bits per heavy atom. The summed E-state index contributed by atoms with van der Waals surface area (Å²) in [5, 5.41) is 0. The maximum atomic E-state index is 11.2. The molecule has 4 nitrogen and oxygen atoms in total. The molecule has 1 atom stereocenters. The first-order valence-corrected chi connectivity index (χ1v) is 4.59. The van der Waals surface area contributed by atoms with Crippen LogP contribution in [0.3, 0.4) is 0 Å². The van der Waals surface area contributed by atoms with Gasteiger partial charge < -0.3 is 4.74 Å². The third-order valence-electron chi connectivity index (χ3n) is 1.68. The Bertz CT molecular complexity index is 148. The van der Waals surface area contributed by atoms with E-state index in [0.29, 0.717) is 12.5 Å². The minimum atomic E-state index is -0.220. The van der Waals surface area contributed by atoms with E-state index < -0.39 is 0 Å². The molecule has 1 heterocycles. The smallest absolute Gasteiger partial charge is 0.324 e. The number of hydrazine groups is 1. The third kappa shape index (κ3) is 2.97. The molecule has 0 saturated carbocycles. The van der Waals surface area contributed by atoms with Gasteiger partial charge in [0, 0.05) is 6.54 Å². The minimum absolute atomic E-state index is 0.207. The molecular weight excluding hydrogens is 180 g/mol. The Kier molecular flexibility index (Phi) is 4.35. The van der Waals surface area contributed by atoms with Crippen LogP contribution in [0.15, 0.2) is 0 Å². The molecular formula is C7H13ClN2O2. The lowest BCUT2D eigenvalue weighted by Crippen LogP contribution is -2.50. The summed E-state index contributed by atoms with van der Waals surface area (Å²) in [5.74, 6) is 0.133. The monoisotopic (exact) mass is 192 g/mol. The van der Waals surface area contributed by atoms with Crippen LogP contribution in [0.2, 0.25) is 0 Å². The maximum Gasteiger partial charge on any atom is 0.324 e. The largest absolute Gasteiger partial charge is 0.463 e. The van der Waals surface area contributed by atoms with Crippen LogP contribution in [0.5, 0.6) is 0 Å². The van der Waals surface area contributed by atoms with Gasteiger partial charge in [-0.25, -0.2) is 5.43 Å². The highest BCUT2D eigenvalue weighted by Crippen LogP contribution is 2.02. The standard InChI is InChI=1S/C7H13ClN2O2/c8-3-5-12-7(11)6-2-1-4-9-10-6/h6,9-10H,1-5H2. The highest BCUT2D eigenvalue weighted by molar-refractivity contribution is 6.18. The Morgan fingerprint density at radius 3 is 3.08 bits per heavy atom. The van der Waals surface area contributed by atoms with Gasteiger partial charge in [-0.3, -0.25) is 10.2 Å². The fourth-order valence-corrected chi connectivity index (χ4v) is 1.16. The van der Waals surface area contributed by atoms with Crippen LogP contribution >= 0.6 is 11.6 Å². The predicted molar refractivity (Wildman–Crippen MR) is 45.8 cm³/mol. The second-order valence-electron chi connectivity index (χ2n) is 2.62. The number of halogens is 1. The second kappa shape index (κ2) is 5.35. The van der Waals surface area contributed by atoms with Gasteiger partial charge in [-0.05, 0) is 12.8 Å². The molecule has 1 unspecified atom stereocenters. The van der Waals surface area contributed by atoms with Gasteiger partial charge in [-0.2, -0.15) is 0 Å². The van der Waals surface area contributed by atoms with Crippen LogP contribution in [0, 0.1) is 0 Å². The van der Waals surface area contributed by atoms with Gasteiger partial charge in [0.1, 0.15) is 12.6 Å². The number of hydrogen-bond donors (Lipinski definition) is 2. The van der Waals surface area contributed by atoms with E-state index in [-0.39, 0.29) is 12.0 Å². The van der Waals surface area contributed by atoms with E-state index in [1.54, 1.807) is 0 Å². The van der Waals surface area contributed by atoms with Crippen molar-refractivity contribution >= 4 is 17.6 Å². The second-order valence-corrected chi connectivity index (χ2v) is 3.00. The van der Waals surface area contributed by atoms with E-state index in [1.807, 2.05) is 0 Å². The van der Waals surface area contributed by atoms with E-state index in [2.05, 4.69) is 10.9 Å². The van der Waals surface area contributed by atoms with Crippen molar-refractivity contribution in [2.45, 2.75) is 18.9 Å². The summed E-state index contributed by atoms with van der Waals surface area (Å²) in [5.41, 5.74) is 5.77. The van der Waals surface area contributed by atoms with Crippen LogP contribution in [0.4, 0.5) is 0 Å². The summed E-state index contributed by atoms with van der Waals surface area (Å²) in [6.07, 6.45) is 1.82. The molecule has 2 N–H and O–H groups in total. The summed E-state index contributed by atoms with van der Waals surface area (Å²) >= 11 is 5.37. The molecule has 0 aliphatic carbocycles. The van der Waals surface area contributed by atoms with Crippen molar-refractivity contribution in [2.24, 2.45) is 0 Å². The summed E-state index contributed by atoms with van der Waals surface area (Å²) in [7, 11) is 0. The first-order valence-electron chi connectivity index (χ1n) is 4.05. The topological polar surface area (TPSA) is 50.4 Å². The van der Waals surface area contributed by atoms with E-state index in [9.17, 15) is 4.79 Å². The van der Waals surface area contributed by atoms with Crippen molar-refractivity contribution in [1.29, 1.82) is 0 Å². The molecule has 1 aliphatic rings. The Labute approximate surface area is 76.6 Å². The normalized spacial score (nSPS) is 23.6. The van der Waals surface area contributed by atoms with Crippen LogP contribution in [0.25, 0.3) is 0 Å². The average Bonchev–Trinajstić information content (AvgIpc) is 2.15. The SMILES string of the molecule is O=C(OCCCl)C1CCCNN1. The van der Waals surface area contributed by atoms with Gasteiger partial charge in [0.15, 0.2) is 0 Å². The molecule has 0 bridgehead atoms. The Morgan fingerprint density at radius 2 is 2.50 bits per heavy atom. The van der Waals surface area contributed by atoms with Gasteiger partial charge in [0.05, 0.1) is 5.88 Å². The average molecular weight is 193 g/mol. The minimum Gasteiger partial charge on any atom is -0.463 e. The number of ether oxygens (including phenoxy) is 1. The van der Waals surface area contributed by atoms with Crippen LogP contribution in [0.1, 0.15) is 12.8 Å². The van der Waals surface area contributed by atoms with Crippen molar-refractivity contribution in [3.05, 3.63) is 0 Å². The summed E-state index contributed by atoms with van der Waals surface area (Å²) < 4.78 is 4.86. The quantitative estimate of drug-likeness (QED) is 0.489. The number of alkyl halides is 1. The number of rotatable bonds is 3. The molecule has 70 valence electrons. The molecule has 0 amide bonds.